The first kappa shape index (κ1) is 17.5. The number of nitrogens with two attached hydrogens (primary N) is 1. The minimum atomic E-state index is -0.249. The second-order valence-corrected chi connectivity index (χ2v) is 5.92. The van der Waals surface area contributed by atoms with E-state index < -0.39 is 0 Å². The van der Waals surface area contributed by atoms with Gasteiger partial charge in [0.25, 0.3) is 0 Å². The lowest BCUT2D eigenvalue weighted by Crippen LogP contribution is -2.51. The Bertz CT molecular complexity index is 733. The molecule has 0 atom stereocenters. The molecule has 1 aliphatic rings. The van der Waals surface area contributed by atoms with Gasteiger partial charge in [-0.05, 0) is 25.0 Å². The van der Waals surface area contributed by atoms with Gasteiger partial charge in [0.15, 0.2) is 5.65 Å². The summed E-state index contributed by atoms with van der Waals surface area (Å²) in [5.41, 5.74) is 5.93. The van der Waals surface area contributed by atoms with Gasteiger partial charge < -0.3 is 11.1 Å². The molecular weight excluding hydrogens is 318 g/mol. The van der Waals surface area contributed by atoms with Crippen molar-refractivity contribution in [2.75, 3.05) is 6.54 Å². The Balaban J connectivity index is 0.00000192. The molecule has 2 aromatic heterocycles. The minimum absolute atomic E-state index is 0. The van der Waals surface area contributed by atoms with Crippen LogP contribution >= 0.6 is 12.4 Å². The molecule has 1 saturated carbocycles. The fourth-order valence-corrected chi connectivity index (χ4v) is 3.11. The number of nitrogens with zero attached hydrogens (tertiary/aromatic N) is 3. The summed E-state index contributed by atoms with van der Waals surface area (Å²) < 4.78 is 2.80. The summed E-state index contributed by atoms with van der Waals surface area (Å²) in [7, 11) is 0. The van der Waals surface area contributed by atoms with Crippen molar-refractivity contribution in [3.63, 3.8) is 0 Å². The number of fused-ring (bicyclic) bond motifs is 1. The van der Waals surface area contributed by atoms with Crippen LogP contribution in [0.4, 0.5) is 0 Å². The second kappa shape index (κ2) is 7.14. The number of amides is 1. The van der Waals surface area contributed by atoms with Crippen molar-refractivity contribution < 1.29 is 4.79 Å². The highest BCUT2D eigenvalue weighted by Crippen LogP contribution is 2.28. The minimum Gasteiger partial charge on any atom is -0.349 e. The van der Waals surface area contributed by atoms with Crippen molar-refractivity contribution in [3.8, 4) is 0 Å². The maximum absolute atomic E-state index is 12.1. The molecule has 0 bridgehead atoms. The summed E-state index contributed by atoms with van der Waals surface area (Å²) in [5.74, 6) is -0.0729. The number of pyridine rings is 1. The van der Waals surface area contributed by atoms with Crippen LogP contribution in [-0.2, 0) is 11.3 Å². The topological polar surface area (TPSA) is 94.4 Å². The zero-order chi connectivity index (χ0) is 15.6. The molecule has 8 heteroatoms. The zero-order valence-electron chi connectivity index (χ0n) is 12.9. The Hall–Kier alpha value is -1.86. The van der Waals surface area contributed by atoms with Crippen molar-refractivity contribution in [2.45, 2.75) is 44.2 Å². The third kappa shape index (κ3) is 3.56. The number of carbonyl (C=O) groups excluding carboxylic acids is 1. The summed E-state index contributed by atoms with van der Waals surface area (Å²) in [6.45, 7) is 0.736. The average molecular weight is 340 g/mol. The first-order valence-electron chi connectivity index (χ1n) is 7.69. The Labute approximate surface area is 140 Å². The van der Waals surface area contributed by atoms with Gasteiger partial charge in [-0.25, -0.2) is 9.48 Å². The zero-order valence-corrected chi connectivity index (χ0v) is 13.7. The fourth-order valence-electron chi connectivity index (χ4n) is 3.11. The molecule has 0 aromatic carbocycles. The Morgan fingerprint density at radius 1 is 1.35 bits per heavy atom. The largest absolute Gasteiger partial charge is 0.350 e. The van der Waals surface area contributed by atoms with Gasteiger partial charge in [-0.3, -0.25) is 9.20 Å². The van der Waals surface area contributed by atoms with Gasteiger partial charge in [-0.2, -0.15) is 0 Å². The summed E-state index contributed by atoms with van der Waals surface area (Å²) in [6.07, 6.45) is 5.97. The van der Waals surface area contributed by atoms with Crippen LogP contribution in [0.5, 0.6) is 0 Å². The average Bonchev–Trinajstić information content (AvgIpc) is 3.11. The monoisotopic (exact) mass is 339 g/mol. The quantitative estimate of drug-likeness (QED) is 0.838. The first-order valence-corrected chi connectivity index (χ1v) is 7.69. The smallest absolute Gasteiger partial charge is 0.349 e. The number of rotatable bonds is 5. The van der Waals surface area contributed by atoms with Crippen molar-refractivity contribution in [1.82, 2.24) is 19.5 Å². The van der Waals surface area contributed by atoms with Crippen LogP contribution in [0, 0.1) is 0 Å². The standard InChI is InChI=1S/C15H21N5O2.ClH/c16-11-15(7-2-3-8-15)17-13(21)6-10-20-14(22)19-9-4-1-5-12(19)18-20;/h1,4-5,9H,2-3,6-8,10-11,16H2,(H,17,21);1H. The van der Waals surface area contributed by atoms with E-state index >= 15 is 0 Å². The molecule has 7 nitrogen and oxygen atoms in total. The maximum atomic E-state index is 12.1. The molecule has 126 valence electrons. The lowest BCUT2D eigenvalue weighted by atomic mass is 9.97. The summed E-state index contributed by atoms with van der Waals surface area (Å²) >= 11 is 0. The molecule has 0 unspecified atom stereocenters. The molecule has 0 aliphatic heterocycles. The maximum Gasteiger partial charge on any atom is 0.350 e. The molecule has 2 heterocycles. The van der Waals surface area contributed by atoms with E-state index in [1.165, 1.54) is 9.08 Å². The number of aryl methyl sites for hydroxylation is 1. The van der Waals surface area contributed by atoms with Crippen LogP contribution in [0.25, 0.3) is 5.65 Å². The van der Waals surface area contributed by atoms with Crippen molar-refractivity contribution in [2.24, 2.45) is 5.73 Å². The lowest BCUT2D eigenvalue weighted by Gasteiger charge is -2.28. The molecule has 0 saturated heterocycles. The van der Waals surface area contributed by atoms with Crippen molar-refractivity contribution >= 4 is 24.0 Å². The molecule has 1 amide bonds. The Kier molecular flexibility index (Phi) is 5.43. The van der Waals surface area contributed by atoms with Crippen LogP contribution in [0.1, 0.15) is 32.1 Å². The molecule has 0 spiro atoms. The van der Waals surface area contributed by atoms with E-state index in [1.54, 1.807) is 18.3 Å². The summed E-state index contributed by atoms with van der Waals surface area (Å²) in [5, 5.41) is 7.27. The van der Waals surface area contributed by atoms with E-state index in [-0.39, 0.29) is 42.5 Å². The second-order valence-electron chi connectivity index (χ2n) is 5.92. The predicted octanol–water partition coefficient (Wildman–Crippen LogP) is 0.696. The predicted molar refractivity (Wildman–Crippen MR) is 89.7 cm³/mol. The number of hydrogen-bond donors (Lipinski definition) is 2. The number of hydrogen-bond acceptors (Lipinski definition) is 4. The first-order chi connectivity index (χ1) is 10.6. The Morgan fingerprint density at radius 3 is 2.74 bits per heavy atom. The molecule has 23 heavy (non-hydrogen) atoms. The van der Waals surface area contributed by atoms with Gasteiger partial charge in [-0.1, -0.05) is 18.9 Å². The van der Waals surface area contributed by atoms with Gasteiger partial charge in [-0.15, -0.1) is 17.5 Å². The molecular formula is C15H22ClN5O2. The van der Waals surface area contributed by atoms with Gasteiger partial charge in [0.1, 0.15) is 0 Å². The van der Waals surface area contributed by atoms with Crippen LogP contribution in [-0.4, -0.2) is 32.2 Å². The molecule has 0 radical (unpaired) electrons. The highest BCUT2D eigenvalue weighted by atomic mass is 35.5. The summed E-state index contributed by atoms with van der Waals surface area (Å²) in [4.78, 5) is 24.3. The molecule has 1 fully saturated rings. The highest BCUT2D eigenvalue weighted by Gasteiger charge is 2.33. The summed E-state index contributed by atoms with van der Waals surface area (Å²) in [6, 6.07) is 5.36. The van der Waals surface area contributed by atoms with Gasteiger partial charge in [0.05, 0.1) is 12.1 Å². The van der Waals surface area contributed by atoms with E-state index in [0.29, 0.717) is 12.2 Å². The Morgan fingerprint density at radius 2 is 2.09 bits per heavy atom. The fraction of sp³-hybridized carbons (Fsp3) is 0.533. The van der Waals surface area contributed by atoms with E-state index in [0.717, 1.165) is 25.7 Å². The van der Waals surface area contributed by atoms with E-state index in [1.807, 2.05) is 6.07 Å². The van der Waals surface area contributed by atoms with Crippen LogP contribution in [0.15, 0.2) is 29.2 Å². The normalized spacial score (nSPS) is 16.2. The van der Waals surface area contributed by atoms with Gasteiger partial charge in [0.2, 0.25) is 5.91 Å². The van der Waals surface area contributed by atoms with Gasteiger partial charge in [0, 0.05) is 19.2 Å². The van der Waals surface area contributed by atoms with Crippen LogP contribution in [0.3, 0.4) is 0 Å². The van der Waals surface area contributed by atoms with Crippen LogP contribution < -0.4 is 16.7 Å². The van der Waals surface area contributed by atoms with E-state index in [4.69, 9.17) is 5.73 Å². The number of carbonyl (C=O) groups is 1. The molecule has 1 aliphatic carbocycles. The molecule has 2 aromatic rings. The highest BCUT2D eigenvalue weighted by molar-refractivity contribution is 5.85. The SMILES string of the molecule is Cl.NCC1(NC(=O)CCn2nc3ccccn3c2=O)CCCC1. The third-order valence-corrected chi connectivity index (χ3v) is 4.40. The lowest BCUT2D eigenvalue weighted by molar-refractivity contribution is -0.123. The third-order valence-electron chi connectivity index (χ3n) is 4.40. The number of nitrogens with one attached hydrogen (secondary N) is 1. The molecule has 3 rings (SSSR count). The van der Waals surface area contributed by atoms with E-state index in [9.17, 15) is 9.59 Å². The van der Waals surface area contributed by atoms with Gasteiger partial charge >= 0.3 is 5.69 Å². The van der Waals surface area contributed by atoms with Crippen LogP contribution in [0.2, 0.25) is 0 Å². The number of aromatic nitrogens is 3. The van der Waals surface area contributed by atoms with Crippen molar-refractivity contribution in [1.29, 1.82) is 0 Å². The van der Waals surface area contributed by atoms with Crippen molar-refractivity contribution in [3.05, 3.63) is 34.9 Å². The molecule has 3 N–H and O–H groups in total. The number of halogens is 1. The van der Waals surface area contributed by atoms with E-state index in [2.05, 4.69) is 10.4 Å².